The molecule has 0 spiro atoms. The molecule has 14 heavy (non-hydrogen) atoms. The van der Waals surface area contributed by atoms with Crippen LogP contribution in [0.4, 0.5) is 16.2 Å². The van der Waals surface area contributed by atoms with E-state index in [4.69, 9.17) is 5.73 Å². The molecular weight excluding hydrogens is 203 g/mol. The Balaban J connectivity index is 2.10. The smallest absolute Gasteiger partial charge is 0.222 e. The highest BCUT2D eigenvalue weighted by atomic mass is 32.2. The van der Waals surface area contributed by atoms with Crippen LogP contribution in [0.25, 0.3) is 0 Å². The first-order chi connectivity index (χ1) is 6.75. The maximum atomic E-state index is 13.2. The van der Waals surface area contributed by atoms with Crippen LogP contribution < -0.4 is 11.1 Å². The number of hydrogen-bond acceptors (Lipinski definition) is 5. The minimum Gasteiger partial charge on any atom is -0.368 e. The molecule has 0 saturated carbocycles. The molecule has 1 aliphatic rings. The van der Waals surface area contributed by atoms with Crippen LogP contribution in [-0.4, -0.2) is 27.5 Å². The number of aromatic nitrogens is 2. The Morgan fingerprint density at radius 2 is 2.50 bits per heavy atom. The largest absolute Gasteiger partial charge is 0.368 e. The summed E-state index contributed by atoms with van der Waals surface area (Å²) in [7, 11) is 0. The van der Waals surface area contributed by atoms with E-state index >= 15 is 0 Å². The summed E-state index contributed by atoms with van der Waals surface area (Å²) in [6.45, 7) is 0. The van der Waals surface area contributed by atoms with Gasteiger partial charge in [-0.15, -0.1) is 0 Å². The third kappa shape index (κ3) is 2.06. The molecule has 3 N–H and O–H groups in total. The first-order valence-electron chi connectivity index (χ1n) is 4.38. The fourth-order valence-corrected chi connectivity index (χ4v) is 2.48. The van der Waals surface area contributed by atoms with E-state index in [2.05, 4.69) is 15.3 Å². The molecule has 76 valence electrons. The van der Waals surface area contributed by atoms with Crippen molar-refractivity contribution in [1.29, 1.82) is 0 Å². The predicted octanol–water partition coefficient (Wildman–Crippen LogP) is 1.12. The third-order valence-corrected chi connectivity index (χ3v) is 3.20. The molecule has 1 saturated heterocycles. The molecular formula is C8H11FN4S. The van der Waals surface area contributed by atoms with Crippen LogP contribution >= 0.6 is 11.8 Å². The molecule has 6 heteroatoms. The number of rotatable bonds is 2. The van der Waals surface area contributed by atoms with E-state index in [1.54, 1.807) is 0 Å². The molecule has 1 aromatic heterocycles. The number of nitrogens with one attached hydrogen (secondary N) is 1. The summed E-state index contributed by atoms with van der Waals surface area (Å²) in [4.78, 5) is 7.37. The second-order valence-corrected chi connectivity index (χ2v) is 4.28. The molecule has 2 heterocycles. The monoisotopic (exact) mass is 214 g/mol. The molecule has 1 aliphatic heterocycles. The van der Waals surface area contributed by atoms with Crippen LogP contribution in [0.1, 0.15) is 6.42 Å². The molecule has 4 nitrogen and oxygen atoms in total. The van der Waals surface area contributed by atoms with Gasteiger partial charge in [-0.1, -0.05) is 0 Å². The van der Waals surface area contributed by atoms with Crippen LogP contribution in [0.5, 0.6) is 0 Å². The van der Waals surface area contributed by atoms with Crippen molar-refractivity contribution in [3.63, 3.8) is 0 Å². The average molecular weight is 214 g/mol. The number of anilines is 2. The standard InChI is InChI=1S/C8H11FN4S/c9-6-3-11-8(10)13-7(6)12-5-1-2-14-4-5/h3,5H,1-2,4H2,(H3,10,11,12,13). The summed E-state index contributed by atoms with van der Waals surface area (Å²) >= 11 is 1.85. The summed E-state index contributed by atoms with van der Waals surface area (Å²) in [5.74, 6) is 1.96. The topological polar surface area (TPSA) is 63.8 Å². The van der Waals surface area contributed by atoms with E-state index in [1.165, 1.54) is 0 Å². The Hall–Kier alpha value is -1.04. The van der Waals surface area contributed by atoms with Crippen LogP contribution in [0.2, 0.25) is 0 Å². The minimum absolute atomic E-state index is 0.0968. The number of thioether (sulfide) groups is 1. The van der Waals surface area contributed by atoms with E-state index in [9.17, 15) is 4.39 Å². The third-order valence-electron chi connectivity index (χ3n) is 2.03. The van der Waals surface area contributed by atoms with E-state index in [0.717, 1.165) is 24.1 Å². The van der Waals surface area contributed by atoms with Gasteiger partial charge in [-0.2, -0.15) is 16.7 Å². The maximum Gasteiger partial charge on any atom is 0.222 e. The van der Waals surface area contributed by atoms with Gasteiger partial charge in [0.2, 0.25) is 5.95 Å². The zero-order valence-electron chi connectivity index (χ0n) is 7.53. The van der Waals surface area contributed by atoms with Crippen LogP contribution in [0.3, 0.4) is 0 Å². The van der Waals surface area contributed by atoms with Gasteiger partial charge in [0.1, 0.15) is 0 Å². The SMILES string of the molecule is Nc1ncc(F)c(NC2CCSC2)n1. The van der Waals surface area contributed by atoms with Crippen molar-refractivity contribution in [1.82, 2.24) is 9.97 Å². The van der Waals surface area contributed by atoms with Crippen molar-refractivity contribution in [2.75, 3.05) is 22.6 Å². The molecule has 0 bridgehead atoms. The Bertz CT molecular complexity index is 327. The van der Waals surface area contributed by atoms with Gasteiger partial charge < -0.3 is 11.1 Å². The molecule has 0 radical (unpaired) electrons. The van der Waals surface area contributed by atoms with E-state index in [0.29, 0.717) is 6.04 Å². The fourth-order valence-electron chi connectivity index (χ4n) is 1.32. The van der Waals surface area contributed by atoms with Gasteiger partial charge in [0.15, 0.2) is 11.6 Å². The number of nitrogen functional groups attached to an aromatic ring is 1. The molecule has 1 aromatic rings. The van der Waals surface area contributed by atoms with Gasteiger partial charge in [0.05, 0.1) is 6.20 Å². The second kappa shape index (κ2) is 4.00. The highest BCUT2D eigenvalue weighted by molar-refractivity contribution is 7.99. The molecule has 0 aliphatic carbocycles. The fraction of sp³-hybridized carbons (Fsp3) is 0.500. The second-order valence-electron chi connectivity index (χ2n) is 3.13. The van der Waals surface area contributed by atoms with Crippen molar-refractivity contribution < 1.29 is 4.39 Å². The summed E-state index contributed by atoms with van der Waals surface area (Å²) in [5.41, 5.74) is 5.37. The minimum atomic E-state index is -0.448. The number of halogens is 1. The summed E-state index contributed by atoms with van der Waals surface area (Å²) < 4.78 is 13.2. The van der Waals surface area contributed by atoms with Gasteiger partial charge in [-0.25, -0.2) is 9.37 Å². The number of nitrogens with two attached hydrogens (primary N) is 1. The molecule has 0 amide bonds. The van der Waals surface area contributed by atoms with Crippen molar-refractivity contribution in [2.24, 2.45) is 0 Å². The van der Waals surface area contributed by atoms with Gasteiger partial charge in [0.25, 0.3) is 0 Å². The lowest BCUT2D eigenvalue weighted by atomic mass is 10.2. The van der Waals surface area contributed by atoms with Gasteiger partial charge in [-0.3, -0.25) is 0 Å². The van der Waals surface area contributed by atoms with Crippen molar-refractivity contribution >= 4 is 23.5 Å². The number of hydrogen-bond donors (Lipinski definition) is 2. The van der Waals surface area contributed by atoms with Crippen molar-refractivity contribution in [3.05, 3.63) is 12.0 Å². The summed E-state index contributed by atoms with van der Waals surface area (Å²) in [6.07, 6.45) is 2.13. The lowest BCUT2D eigenvalue weighted by molar-refractivity contribution is 0.613. The maximum absolute atomic E-state index is 13.2. The quantitative estimate of drug-likeness (QED) is 0.772. The Morgan fingerprint density at radius 3 is 3.21 bits per heavy atom. The zero-order chi connectivity index (χ0) is 9.97. The molecule has 1 atom stereocenters. The average Bonchev–Trinajstić information content (AvgIpc) is 2.64. The van der Waals surface area contributed by atoms with Gasteiger partial charge in [-0.05, 0) is 12.2 Å². The Morgan fingerprint density at radius 1 is 1.64 bits per heavy atom. The van der Waals surface area contributed by atoms with Crippen LogP contribution in [0, 0.1) is 5.82 Å². The molecule has 0 aromatic carbocycles. The first kappa shape index (κ1) is 9.51. The molecule has 1 unspecified atom stereocenters. The number of nitrogens with zero attached hydrogens (tertiary/aromatic N) is 2. The lowest BCUT2D eigenvalue weighted by Crippen LogP contribution is -2.20. The van der Waals surface area contributed by atoms with Crippen molar-refractivity contribution in [2.45, 2.75) is 12.5 Å². The Labute approximate surface area is 85.5 Å². The van der Waals surface area contributed by atoms with Gasteiger partial charge >= 0.3 is 0 Å². The summed E-state index contributed by atoms with van der Waals surface area (Å²) in [6, 6.07) is 0.295. The predicted molar refractivity (Wildman–Crippen MR) is 55.8 cm³/mol. The summed E-state index contributed by atoms with van der Waals surface area (Å²) in [5, 5.41) is 3.02. The lowest BCUT2D eigenvalue weighted by Gasteiger charge is -2.12. The normalized spacial score (nSPS) is 21.1. The van der Waals surface area contributed by atoms with Crippen LogP contribution in [0.15, 0.2) is 6.20 Å². The van der Waals surface area contributed by atoms with Crippen molar-refractivity contribution in [3.8, 4) is 0 Å². The van der Waals surface area contributed by atoms with E-state index in [-0.39, 0.29) is 11.8 Å². The van der Waals surface area contributed by atoms with E-state index < -0.39 is 5.82 Å². The zero-order valence-corrected chi connectivity index (χ0v) is 8.35. The van der Waals surface area contributed by atoms with Crippen LogP contribution in [-0.2, 0) is 0 Å². The Kier molecular flexibility index (Phi) is 2.72. The first-order valence-corrected chi connectivity index (χ1v) is 5.53. The molecule has 1 fully saturated rings. The highest BCUT2D eigenvalue weighted by Gasteiger charge is 2.17. The van der Waals surface area contributed by atoms with E-state index in [1.807, 2.05) is 11.8 Å². The molecule has 2 rings (SSSR count). The van der Waals surface area contributed by atoms with Gasteiger partial charge in [0, 0.05) is 11.8 Å². The highest BCUT2D eigenvalue weighted by Crippen LogP contribution is 2.21.